The zero-order chi connectivity index (χ0) is 8.15. The van der Waals surface area contributed by atoms with Crippen LogP contribution in [0.15, 0.2) is 23.9 Å². The SMILES string of the molecule is C=CCC(N)=C(C)C(=O)O. The molecule has 0 heterocycles. The summed E-state index contributed by atoms with van der Waals surface area (Å²) >= 11 is 0. The first-order chi connectivity index (χ1) is 4.59. The van der Waals surface area contributed by atoms with Crippen molar-refractivity contribution in [1.29, 1.82) is 0 Å². The van der Waals surface area contributed by atoms with Crippen LogP contribution in [0.3, 0.4) is 0 Å². The number of allylic oxidation sites excluding steroid dienone is 1. The topological polar surface area (TPSA) is 63.3 Å². The number of carbonyl (C=O) groups is 1. The summed E-state index contributed by atoms with van der Waals surface area (Å²) < 4.78 is 0. The van der Waals surface area contributed by atoms with Gasteiger partial charge in [0.25, 0.3) is 0 Å². The van der Waals surface area contributed by atoms with Gasteiger partial charge < -0.3 is 10.8 Å². The molecule has 0 aliphatic rings. The van der Waals surface area contributed by atoms with Gasteiger partial charge in [-0.2, -0.15) is 0 Å². The minimum Gasteiger partial charge on any atom is -0.478 e. The molecule has 0 aliphatic heterocycles. The number of carboxylic acid groups (broad SMARTS) is 1. The van der Waals surface area contributed by atoms with Gasteiger partial charge in [0.1, 0.15) is 0 Å². The molecule has 0 aliphatic carbocycles. The number of aliphatic carboxylic acids is 1. The van der Waals surface area contributed by atoms with Crippen molar-refractivity contribution in [2.24, 2.45) is 5.73 Å². The van der Waals surface area contributed by atoms with Crippen LogP contribution in [0.25, 0.3) is 0 Å². The number of rotatable bonds is 3. The van der Waals surface area contributed by atoms with Crippen LogP contribution >= 0.6 is 0 Å². The first-order valence-electron chi connectivity index (χ1n) is 2.89. The minimum atomic E-state index is -0.973. The van der Waals surface area contributed by atoms with E-state index < -0.39 is 5.97 Å². The van der Waals surface area contributed by atoms with Gasteiger partial charge in [0.15, 0.2) is 0 Å². The molecule has 0 saturated carbocycles. The summed E-state index contributed by atoms with van der Waals surface area (Å²) in [5, 5.41) is 8.41. The van der Waals surface area contributed by atoms with Gasteiger partial charge in [-0.15, -0.1) is 6.58 Å². The Balaban J connectivity index is 4.33. The third-order valence-corrected chi connectivity index (χ3v) is 1.17. The summed E-state index contributed by atoms with van der Waals surface area (Å²) in [6.45, 7) is 4.91. The summed E-state index contributed by atoms with van der Waals surface area (Å²) in [7, 11) is 0. The third kappa shape index (κ3) is 2.35. The van der Waals surface area contributed by atoms with E-state index in [9.17, 15) is 4.79 Å². The quantitative estimate of drug-likeness (QED) is 0.453. The summed E-state index contributed by atoms with van der Waals surface area (Å²) in [6, 6.07) is 0. The molecule has 3 nitrogen and oxygen atoms in total. The molecule has 0 saturated heterocycles. The van der Waals surface area contributed by atoms with Crippen molar-refractivity contribution in [2.75, 3.05) is 0 Å². The van der Waals surface area contributed by atoms with Gasteiger partial charge >= 0.3 is 5.97 Å². The van der Waals surface area contributed by atoms with Gasteiger partial charge in [-0.05, 0) is 6.92 Å². The average Bonchev–Trinajstić information content (AvgIpc) is 1.87. The predicted molar refractivity (Wildman–Crippen MR) is 39.3 cm³/mol. The molecule has 0 aromatic carbocycles. The molecule has 0 aromatic heterocycles. The van der Waals surface area contributed by atoms with Crippen LogP contribution < -0.4 is 5.73 Å². The molecule has 3 N–H and O–H groups in total. The Morgan fingerprint density at radius 3 is 2.60 bits per heavy atom. The maximum atomic E-state index is 10.2. The normalized spacial score (nSPS) is 12.1. The Labute approximate surface area is 59.8 Å². The lowest BCUT2D eigenvalue weighted by Crippen LogP contribution is -2.07. The van der Waals surface area contributed by atoms with Crippen LogP contribution in [0.4, 0.5) is 0 Å². The number of hydrogen-bond donors (Lipinski definition) is 2. The molecule has 0 spiro atoms. The van der Waals surface area contributed by atoms with E-state index >= 15 is 0 Å². The molecule has 0 rings (SSSR count). The number of nitrogens with two attached hydrogens (primary N) is 1. The van der Waals surface area contributed by atoms with E-state index in [0.717, 1.165) is 0 Å². The summed E-state index contributed by atoms with van der Waals surface area (Å²) in [5.74, 6) is -0.973. The second-order valence-electron chi connectivity index (χ2n) is 1.95. The van der Waals surface area contributed by atoms with E-state index in [1.165, 1.54) is 6.92 Å². The first kappa shape index (κ1) is 8.75. The molecule has 0 atom stereocenters. The largest absolute Gasteiger partial charge is 0.478 e. The zero-order valence-electron chi connectivity index (χ0n) is 5.92. The monoisotopic (exact) mass is 141 g/mol. The Bertz CT molecular complexity index is 182. The van der Waals surface area contributed by atoms with Crippen molar-refractivity contribution >= 4 is 5.97 Å². The van der Waals surface area contributed by atoms with Gasteiger partial charge in [0, 0.05) is 12.1 Å². The number of carboxylic acids is 1. The molecule has 0 aromatic rings. The fourth-order valence-electron chi connectivity index (χ4n) is 0.446. The van der Waals surface area contributed by atoms with Crippen molar-refractivity contribution in [3.8, 4) is 0 Å². The van der Waals surface area contributed by atoms with Gasteiger partial charge in [-0.25, -0.2) is 4.79 Å². The van der Waals surface area contributed by atoms with Crippen molar-refractivity contribution < 1.29 is 9.90 Å². The Hall–Kier alpha value is -1.25. The Morgan fingerprint density at radius 1 is 1.80 bits per heavy atom. The smallest absolute Gasteiger partial charge is 0.333 e. The summed E-state index contributed by atoms with van der Waals surface area (Å²) in [6.07, 6.45) is 2.00. The van der Waals surface area contributed by atoms with E-state index in [0.29, 0.717) is 12.1 Å². The maximum Gasteiger partial charge on any atom is 0.333 e. The second kappa shape index (κ2) is 3.71. The summed E-state index contributed by atoms with van der Waals surface area (Å²) in [4.78, 5) is 10.2. The fourth-order valence-corrected chi connectivity index (χ4v) is 0.446. The van der Waals surface area contributed by atoms with Crippen LogP contribution in [0, 0.1) is 0 Å². The fraction of sp³-hybridized carbons (Fsp3) is 0.286. The lowest BCUT2D eigenvalue weighted by molar-refractivity contribution is -0.132. The molecular formula is C7H11NO2. The average molecular weight is 141 g/mol. The van der Waals surface area contributed by atoms with Gasteiger partial charge in [-0.3, -0.25) is 0 Å². The molecule has 0 unspecified atom stereocenters. The van der Waals surface area contributed by atoms with Crippen molar-refractivity contribution in [3.63, 3.8) is 0 Å². The predicted octanol–water partition coefficient (Wildman–Crippen LogP) is 0.880. The molecule has 0 bridgehead atoms. The highest BCUT2D eigenvalue weighted by molar-refractivity contribution is 5.86. The Kier molecular flexibility index (Phi) is 3.25. The highest BCUT2D eigenvalue weighted by Gasteiger charge is 2.03. The van der Waals surface area contributed by atoms with Gasteiger partial charge in [-0.1, -0.05) is 6.08 Å². The van der Waals surface area contributed by atoms with Crippen LogP contribution in [-0.4, -0.2) is 11.1 Å². The van der Waals surface area contributed by atoms with Gasteiger partial charge in [0.2, 0.25) is 0 Å². The van der Waals surface area contributed by atoms with E-state index in [2.05, 4.69) is 6.58 Å². The van der Waals surface area contributed by atoms with Gasteiger partial charge in [0.05, 0.1) is 5.57 Å². The molecule has 0 fully saturated rings. The van der Waals surface area contributed by atoms with E-state index in [4.69, 9.17) is 10.8 Å². The molecule has 0 radical (unpaired) electrons. The molecular weight excluding hydrogens is 130 g/mol. The van der Waals surface area contributed by atoms with Crippen LogP contribution in [-0.2, 0) is 4.79 Å². The maximum absolute atomic E-state index is 10.2. The molecule has 10 heavy (non-hydrogen) atoms. The van der Waals surface area contributed by atoms with Crippen molar-refractivity contribution in [1.82, 2.24) is 0 Å². The highest BCUT2D eigenvalue weighted by atomic mass is 16.4. The standard InChI is InChI=1S/C7H11NO2/c1-3-4-6(8)5(2)7(9)10/h3H,1,4,8H2,2H3,(H,9,10). The lowest BCUT2D eigenvalue weighted by atomic mass is 10.2. The molecule has 56 valence electrons. The minimum absolute atomic E-state index is 0.194. The van der Waals surface area contributed by atoms with Crippen molar-refractivity contribution in [2.45, 2.75) is 13.3 Å². The lowest BCUT2D eigenvalue weighted by Gasteiger charge is -1.98. The van der Waals surface area contributed by atoms with E-state index in [1.807, 2.05) is 0 Å². The second-order valence-corrected chi connectivity index (χ2v) is 1.95. The van der Waals surface area contributed by atoms with Crippen LogP contribution in [0.1, 0.15) is 13.3 Å². The van der Waals surface area contributed by atoms with Crippen molar-refractivity contribution in [3.05, 3.63) is 23.9 Å². The van der Waals surface area contributed by atoms with Crippen LogP contribution in [0.5, 0.6) is 0 Å². The highest BCUT2D eigenvalue weighted by Crippen LogP contribution is 2.01. The summed E-state index contributed by atoms with van der Waals surface area (Å²) in [5.41, 5.74) is 5.91. The Morgan fingerprint density at radius 2 is 2.30 bits per heavy atom. The molecule has 3 heteroatoms. The van der Waals surface area contributed by atoms with E-state index in [1.54, 1.807) is 6.08 Å². The van der Waals surface area contributed by atoms with Crippen LogP contribution in [0.2, 0.25) is 0 Å². The zero-order valence-corrected chi connectivity index (χ0v) is 5.92. The van der Waals surface area contributed by atoms with E-state index in [-0.39, 0.29) is 5.57 Å². The molecule has 0 amide bonds. The third-order valence-electron chi connectivity index (χ3n) is 1.17. The number of hydrogen-bond acceptors (Lipinski definition) is 2. The first-order valence-corrected chi connectivity index (χ1v) is 2.89.